The summed E-state index contributed by atoms with van der Waals surface area (Å²) in [5, 5.41) is 0. The van der Waals surface area contributed by atoms with Crippen molar-refractivity contribution in [2.75, 3.05) is 33.2 Å². The van der Waals surface area contributed by atoms with Gasteiger partial charge in [0.1, 0.15) is 0 Å². The Kier molecular flexibility index (Phi) is 8.09. The quantitative estimate of drug-likeness (QED) is 0.763. The number of fused-ring (bicyclic) bond motifs is 2. The van der Waals surface area contributed by atoms with Crippen LogP contribution in [0.25, 0.3) is 0 Å². The molecule has 0 aromatic carbocycles. The van der Waals surface area contributed by atoms with E-state index in [1.165, 1.54) is 51.6 Å². The first-order valence-corrected chi connectivity index (χ1v) is 10.3. The molecule has 1 saturated heterocycles. The average Bonchev–Trinajstić information content (AvgIpc) is 3.22. The summed E-state index contributed by atoms with van der Waals surface area (Å²) in [6.07, 6.45) is 9.96. The Bertz CT molecular complexity index is 460. The smallest absolute Gasteiger partial charge is 0.225 e. The first-order chi connectivity index (χ1) is 11.6. The van der Waals surface area contributed by atoms with Crippen LogP contribution in [0, 0.1) is 29.6 Å². The van der Waals surface area contributed by atoms with E-state index in [0.717, 1.165) is 31.8 Å². The number of hydrogen-bond acceptors (Lipinski definition) is 3. The number of likely N-dealkylation sites (tertiary alicyclic amines) is 1. The van der Waals surface area contributed by atoms with E-state index in [0.29, 0.717) is 29.7 Å². The molecule has 3 aliphatic carbocycles. The molecule has 152 valence electrons. The second-order valence-corrected chi connectivity index (χ2v) is 9.30. The lowest BCUT2D eigenvalue weighted by atomic mass is 9.65. The Balaban J connectivity index is 0.00000121. The number of carbonyl (C=O) groups is 1. The van der Waals surface area contributed by atoms with Crippen LogP contribution in [-0.4, -0.2) is 55.0 Å². The first-order valence-electron chi connectivity index (χ1n) is 10.3. The van der Waals surface area contributed by atoms with Crippen molar-refractivity contribution in [2.45, 2.75) is 57.4 Å². The highest BCUT2D eigenvalue weighted by Crippen LogP contribution is 2.42. The Labute approximate surface area is 171 Å². The SMILES string of the molecule is CN(CC1CC1)CC1CCN(C(=O)C2CC3CCCC(C2)C3N)C1.Cl.Cl. The third-order valence-corrected chi connectivity index (χ3v) is 7.20. The molecule has 0 spiro atoms. The van der Waals surface area contributed by atoms with E-state index in [-0.39, 0.29) is 30.7 Å². The fourth-order valence-corrected chi connectivity index (χ4v) is 5.69. The van der Waals surface area contributed by atoms with Crippen molar-refractivity contribution in [3.8, 4) is 0 Å². The van der Waals surface area contributed by atoms with Gasteiger partial charge in [-0.1, -0.05) is 6.42 Å². The van der Waals surface area contributed by atoms with Crippen LogP contribution in [0.2, 0.25) is 0 Å². The molecule has 0 aromatic heterocycles. The van der Waals surface area contributed by atoms with Crippen LogP contribution in [0.4, 0.5) is 0 Å². The molecule has 1 aliphatic heterocycles. The summed E-state index contributed by atoms with van der Waals surface area (Å²) in [6, 6.07) is 0.366. The first kappa shape index (κ1) is 22.3. The summed E-state index contributed by atoms with van der Waals surface area (Å²) in [5.74, 6) is 3.57. The molecule has 4 nitrogen and oxygen atoms in total. The van der Waals surface area contributed by atoms with Gasteiger partial charge >= 0.3 is 0 Å². The fraction of sp³-hybridized carbons (Fsp3) is 0.950. The van der Waals surface area contributed by atoms with Gasteiger partial charge in [-0.05, 0) is 75.7 Å². The Morgan fingerprint density at radius 2 is 1.62 bits per heavy atom. The van der Waals surface area contributed by atoms with Gasteiger partial charge in [0, 0.05) is 38.1 Å². The highest BCUT2D eigenvalue weighted by atomic mass is 35.5. The lowest BCUT2D eigenvalue weighted by Gasteiger charge is -2.44. The molecule has 4 aliphatic rings. The zero-order valence-corrected chi connectivity index (χ0v) is 17.8. The van der Waals surface area contributed by atoms with Crippen molar-refractivity contribution in [3.05, 3.63) is 0 Å². The molecule has 0 radical (unpaired) electrons. The highest BCUT2D eigenvalue weighted by molar-refractivity contribution is 5.85. The van der Waals surface area contributed by atoms with Gasteiger partial charge in [-0.3, -0.25) is 4.79 Å². The molecule has 6 heteroatoms. The van der Waals surface area contributed by atoms with Gasteiger partial charge in [-0.2, -0.15) is 0 Å². The predicted molar refractivity (Wildman–Crippen MR) is 111 cm³/mol. The van der Waals surface area contributed by atoms with Gasteiger partial charge in [0.2, 0.25) is 5.91 Å². The number of nitrogens with zero attached hydrogens (tertiary/aromatic N) is 2. The zero-order chi connectivity index (χ0) is 16.7. The molecule has 1 heterocycles. The minimum absolute atomic E-state index is 0. The van der Waals surface area contributed by atoms with Crippen LogP contribution in [-0.2, 0) is 4.79 Å². The Morgan fingerprint density at radius 3 is 2.23 bits per heavy atom. The summed E-state index contributed by atoms with van der Waals surface area (Å²) in [7, 11) is 2.26. The molecule has 3 saturated carbocycles. The summed E-state index contributed by atoms with van der Waals surface area (Å²) in [4.78, 5) is 17.7. The van der Waals surface area contributed by atoms with Crippen molar-refractivity contribution in [3.63, 3.8) is 0 Å². The zero-order valence-electron chi connectivity index (χ0n) is 16.1. The van der Waals surface area contributed by atoms with Gasteiger partial charge in [-0.15, -0.1) is 24.8 Å². The molecule has 26 heavy (non-hydrogen) atoms. The molecule has 2 N–H and O–H groups in total. The maximum Gasteiger partial charge on any atom is 0.225 e. The molecule has 3 atom stereocenters. The third kappa shape index (κ3) is 5.06. The van der Waals surface area contributed by atoms with E-state index in [2.05, 4.69) is 16.8 Å². The number of carbonyl (C=O) groups excluding carboxylic acids is 1. The van der Waals surface area contributed by atoms with E-state index < -0.39 is 0 Å². The molecular weight excluding hydrogens is 369 g/mol. The summed E-state index contributed by atoms with van der Waals surface area (Å²) < 4.78 is 0. The maximum atomic E-state index is 13.0. The van der Waals surface area contributed by atoms with Gasteiger partial charge in [-0.25, -0.2) is 0 Å². The number of nitrogens with two attached hydrogens (primary N) is 1. The second-order valence-electron chi connectivity index (χ2n) is 9.30. The van der Waals surface area contributed by atoms with Crippen LogP contribution in [0.3, 0.4) is 0 Å². The molecule has 1 amide bonds. The summed E-state index contributed by atoms with van der Waals surface area (Å²) in [6.45, 7) is 4.40. The van der Waals surface area contributed by atoms with Crippen molar-refractivity contribution < 1.29 is 4.79 Å². The Morgan fingerprint density at radius 1 is 1.00 bits per heavy atom. The second kappa shape index (κ2) is 9.45. The fourth-order valence-electron chi connectivity index (χ4n) is 5.69. The molecule has 4 fully saturated rings. The largest absolute Gasteiger partial charge is 0.342 e. The van der Waals surface area contributed by atoms with Crippen molar-refractivity contribution in [1.29, 1.82) is 0 Å². The van der Waals surface area contributed by atoms with Crippen LogP contribution < -0.4 is 5.73 Å². The number of rotatable bonds is 5. The number of amides is 1. The van der Waals surface area contributed by atoms with Crippen LogP contribution in [0.5, 0.6) is 0 Å². The lowest BCUT2D eigenvalue weighted by Crippen LogP contribution is -2.49. The van der Waals surface area contributed by atoms with Crippen LogP contribution in [0.15, 0.2) is 0 Å². The minimum Gasteiger partial charge on any atom is -0.342 e. The summed E-state index contributed by atoms with van der Waals surface area (Å²) >= 11 is 0. The standard InChI is InChI=1S/C20H35N3O.2ClH/c1-22(11-14-5-6-14)12-15-7-8-23(13-15)20(24)18-9-16-3-2-4-17(10-18)19(16)21;;/h14-19H,2-13,21H2,1H3;2*1H. The van der Waals surface area contributed by atoms with E-state index in [9.17, 15) is 4.79 Å². The molecular formula is C20H37Cl2N3O. The monoisotopic (exact) mass is 405 g/mol. The predicted octanol–water partition coefficient (Wildman–Crippen LogP) is 3.17. The lowest BCUT2D eigenvalue weighted by molar-refractivity contribution is -0.137. The molecule has 2 bridgehead atoms. The van der Waals surface area contributed by atoms with E-state index in [4.69, 9.17) is 5.73 Å². The van der Waals surface area contributed by atoms with Gasteiger partial charge in [0.05, 0.1) is 0 Å². The normalized spacial score (nSPS) is 36.4. The van der Waals surface area contributed by atoms with Crippen molar-refractivity contribution in [2.24, 2.45) is 35.3 Å². The third-order valence-electron chi connectivity index (χ3n) is 7.20. The molecule has 0 aromatic rings. The van der Waals surface area contributed by atoms with Crippen molar-refractivity contribution >= 4 is 30.7 Å². The van der Waals surface area contributed by atoms with Crippen LogP contribution >= 0.6 is 24.8 Å². The molecule has 4 rings (SSSR count). The average molecular weight is 406 g/mol. The van der Waals surface area contributed by atoms with Gasteiger partial charge in [0.15, 0.2) is 0 Å². The number of hydrogen-bond donors (Lipinski definition) is 1. The van der Waals surface area contributed by atoms with Crippen molar-refractivity contribution in [1.82, 2.24) is 9.80 Å². The molecule has 3 unspecified atom stereocenters. The maximum absolute atomic E-state index is 13.0. The van der Waals surface area contributed by atoms with Gasteiger partial charge in [0.25, 0.3) is 0 Å². The minimum atomic E-state index is 0. The van der Waals surface area contributed by atoms with E-state index in [1.807, 2.05) is 0 Å². The van der Waals surface area contributed by atoms with E-state index in [1.54, 1.807) is 0 Å². The summed E-state index contributed by atoms with van der Waals surface area (Å²) in [5.41, 5.74) is 6.39. The van der Waals surface area contributed by atoms with E-state index >= 15 is 0 Å². The topological polar surface area (TPSA) is 49.6 Å². The van der Waals surface area contributed by atoms with Crippen LogP contribution in [0.1, 0.15) is 51.4 Å². The Hall–Kier alpha value is -0.0300. The number of halogens is 2. The van der Waals surface area contributed by atoms with Gasteiger partial charge < -0.3 is 15.5 Å². The highest BCUT2D eigenvalue weighted by Gasteiger charge is 2.42.